The molecule has 0 bridgehead atoms. The molecule has 0 saturated carbocycles. The molecule has 0 aliphatic carbocycles. The summed E-state index contributed by atoms with van der Waals surface area (Å²) in [7, 11) is 1.86. The van der Waals surface area contributed by atoms with Crippen molar-refractivity contribution < 1.29 is 9.53 Å². The van der Waals surface area contributed by atoms with E-state index in [-0.39, 0.29) is 5.97 Å². The maximum atomic E-state index is 11.8. The van der Waals surface area contributed by atoms with Crippen LogP contribution in [0.25, 0.3) is 0 Å². The van der Waals surface area contributed by atoms with E-state index in [0.29, 0.717) is 24.5 Å². The molecule has 2 aromatic rings. The van der Waals surface area contributed by atoms with Gasteiger partial charge in [-0.15, -0.1) is 0 Å². The van der Waals surface area contributed by atoms with Gasteiger partial charge >= 0.3 is 5.97 Å². The van der Waals surface area contributed by atoms with Crippen molar-refractivity contribution in [1.29, 1.82) is 0 Å². The first-order valence-electron chi connectivity index (χ1n) is 6.05. The summed E-state index contributed by atoms with van der Waals surface area (Å²) in [5.41, 5.74) is 1.44. The average Bonchev–Trinajstić information content (AvgIpc) is 2.82. The lowest BCUT2D eigenvalue weighted by molar-refractivity contribution is 0.0527. The Morgan fingerprint density at radius 1 is 1.42 bits per heavy atom. The van der Waals surface area contributed by atoms with Crippen LogP contribution in [0.2, 0.25) is 0 Å². The minimum atomic E-state index is -0.372. The van der Waals surface area contributed by atoms with E-state index < -0.39 is 0 Å². The minimum Gasteiger partial charge on any atom is -0.462 e. The molecule has 100 valence electrons. The Labute approximate surface area is 111 Å². The smallest absolute Gasteiger partial charge is 0.341 e. The molecule has 19 heavy (non-hydrogen) atoms. The predicted molar refractivity (Wildman–Crippen MR) is 70.7 cm³/mol. The van der Waals surface area contributed by atoms with Crippen LogP contribution in [0.3, 0.4) is 0 Å². The van der Waals surface area contributed by atoms with Gasteiger partial charge in [0.2, 0.25) is 0 Å². The number of aromatic nitrogens is 3. The fourth-order valence-electron chi connectivity index (χ4n) is 1.67. The zero-order valence-corrected chi connectivity index (χ0v) is 11.0. The fourth-order valence-corrected chi connectivity index (χ4v) is 1.67. The van der Waals surface area contributed by atoms with E-state index in [9.17, 15) is 4.79 Å². The Hall–Kier alpha value is -2.37. The van der Waals surface area contributed by atoms with Crippen LogP contribution in [0.5, 0.6) is 0 Å². The van der Waals surface area contributed by atoms with Crippen LogP contribution in [-0.2, 0) is 18.3 Å². The Morgan fingerprint density at radius 3 is 2.95 bits per heavy atom. The monoisotopic (exact) mass is 260 g/mol. The van der Waals surface area contributed by atoms with Crippen molar-refractivity contribution in [3.8, 4) is 0 Å². The third-order valence-corrected chi connectivity index (χ3v) is 2.66. The third-order valence-electron chi connectivity index (χ3n) is 2.66. The van der Waals surface area contributed by atoms with E-state index in [2.05, 4.69) is 15.4 Å². The van der Waals surface area contributed by atoms with Gasteiger partial charge < -0.3 is 10.1 Å². The molecule has 0 spiro atoms. The minimum absolute atomic E-state index is 0.342. The summed E-state index contributed by atoms with van der Waals surface area (Å²) in [6.07, 6.45) is 3.36. The summed E-state index contributed by atoms with van der Waals surface area (Å²) < 4.78 is 6.76. The lowest BCUT2D eigenvalue weighted by Gasteiger charge is -2.10. The number of pyridine rings is 1. The SMILES string of the molecule is CCOC(=O)c1cccnc1NCc1ccnn1C. The lowest BCUT2D eigenvalue weighted by Crippen LogP contribution is -2.12. The van der Waals surface area contributed by atoms with Crippen LogP contribution in [0.4, 0.5) is 5.82 Å². The van der Waals surface area contributed by atoms with Crippen molar-refractivity contribution in [2.45, 2.75) is 13.5 Å². The molecule has 6 heteroatoms. The van der Waals surface area contributed by atoms with Crippen molar-refractivity contribution >= 4 is 11.8 Å². The van der Waals surface area contributed by atoms with Crippen LogP contribution in [0.15, 0.2) is 30.6 Å². The van der Waals surface area contributed by atoms with E-state index >= 15 is 0 Å². The molecule has 0 saturated heterocycles. The topological polar surface area (TPSA) is 69.0 Å². The molecule has 0 fully saturated rings. The van der Waals surface area contributed by atoms with Gasteiger partial charge in [0, 0.05) is 19.4 Å². The third kappa shape index (κ3) is 3.09. The molecule has 0 radical (unpaired) electrons. The molecule has 1 N–H and O–H groups in total. The zero-order valence-electron chi connectivity index (χ0n) is 11.0. The summed E-state index contributed by atoms with van der Waals surface area (Å²) in [6, 6.07) is 5.30. The molecular weight excluding hydrogens is 244 g/mol. The second kappa shape index (κ2) is 5.99. The number of anilines is 1. The summed E-state index contributed by atoms with van der Waals surface area (Å²) in [5.74, 6) is 0.144. The summed E-state index contributed by atoms with van der Waals surface area (Å²) in [6.45, 7) is 2.66. The second-order valence-corrected chi connectivity index (χ2v) is 3.92. The highest BCUT2D eigenvalue weighted by Crippen LogP contribution is 2.14. The van der Waals surface area contributed by atoms with Gasteiger partial charge in [-0.1, -0.05) is 0 Å². The molecule has 0 atom stereocenters. The first kappa shape index (κ1) is 13.1. The highest BCUT2D eigenvalue weighted by molar-refractivity contribution is 5.94. The number of hydrogen-bond donors (Lipinski definition) is 1. The van der Waals surface area contributed by atoms with E-state index in [0.717, 1.165) is 5.69 Å². The molecule has 6 nitrogen and oxygen atoms in total. The van der Waals surface area contributed by atoms with Gasteiger partial charge in [0.15, 0.2) is 0 Å². The van der Waals surface area contributed by atoms with Gasteiger partial charge in [-0.3, -0.25) is 4.68 Å². The number of hydrogen-bond acceptors (Lipinski definition) is 5. The molecule has 0 unspecified atom stereocenters. The zero-order chi connectivity index (χ0) is 13.7. The van der Waals surface area contributed by atoms with Crippen molar-refractivity contribution in [3.05, 3.63) is 41.9 Å². The summed E-state index contributed by atoms with van der Waals surface area (Å²) in [4.78, 5) is 15.9. The predicted octanol–water partition coefficient (Wildman–Crippen LogP) is 1.60. The van der Waals surface area contributed by atoms with Crippen molar-refractivity contribution in [1.82, 2.24) is 14.8 Å². The first-order chi connectivity index (χ1) is 9.22. The average molecular weight is 260 g/mol. The molecule has 2 heterocycles. The molecule has 0 aliphatic rings. The van der Waals surface area contributed by atoms with Gasteiger partial charge in [0.05, 0.1) is 18.8 Å². The lowest BCUT2D eigenvalue weighted by atomic mass is 10.2. The van der Waals surface area contributed by atoms with Crippen LogP contribution in [0.1, 0.15) is 23.0 Å². The largest absolute Gasteiger partial charge is 0.462 e. The number of nitrogens with one attached hydrogen (secondary N) is 1. The van der Waals surface area contributed by atoms with Crippen molar-refractivity contribution in [3.63, 3.8) is 0 Å². The van der Waals surface area contributed by atoms with E-state index in [1.807, 2.05) is 13.1 Å². The number of aryl methyl sites for hydroxylation is 1. The fraction of sp³-hybridized carbons (Fsp3) is 0.308. The van der Waals surface area contributed by atoms with Gasteiger partial charge in [0.1, 0.15) is 11.4 Å². The highest BCUT2D eigenvalue weighted by Gasteiger charge is 2.13. The van der Waals surface area contributed by atoms with Crippen LogP contribution in [-0.4, -0.2) is 27.3 Å². The highest BCUT2D eigenvalue weighted by atomic mass is 16.5. The molecule has 2 rings (SSSR count). The van der Waals surface area contributed by atoms with E-state index in [4.69, 9.17) is 4.74 Å². The quantitative estimate of drug-likeness (QED) is 0.827. The maximum Gasteiger partial charge on any atom is 0.341 e. The standard InChI is InChI=1S/C13H16N4O2/c1-3-19-13(18)11-5-4-7-14-12(11)15-9-10-6-8-16-17(10)2/h4-8H,3,9H2,1-2H3,(H,14,15). The normalized spacial score (nSPS) is 10.2. The number of nitrogens with zero attached hydrogens (tertiary/aromatic N) is 3. The van der Waals surface area contributed by atoms with Crippen LogP contribution in [0, 0.1) is 0 Å². The van der Waals surface area contributed by atoms with Gasteiger partial charge in [-0.2, -0.15) is 5.10 Å². The molecule has 2 aromatic heterocycles. The number of carbonyl (C=O) groups excluding carboxylic acids is 1. The Balaban J connectivity index is 2.12. The van der Waals surface area contributed by atoms with Crippen LogP contribution >= 0.6 is 0 Å². The van der Waals surface area contributed by atoms with E-state index in [1.165, 1.54) is 0 Å². The first-order valence-corrected chi connectivity index (χ1v) is 6.05. The van der Waals surface area contributed by atoms with Crippen LogP contribution < -0.4 is 5.32 Å². The Bertz CT molecular complexity index is 565. The Kier molecular flexibility index (Phi) is 4.12. The van der Waals surface area contributed by atoms with Gasteiger partial charge in [0.25, 0.3) is 0 Å². The summed E-state index contributed by atoms with van der Waals surface area (Å²) in [5, 5.41) is 7.20. The molecule has 0 aromatic carbocycles. The van der Waals surface area contributed by atoms with Crippen molar-refractivity contribution in [2.75, 3.05) is 11.9 Å². The second-order valence-electron chi connectivity index (χ2n) is 3.92. The summed E-state index contributed by atoms with van der Waals surface area (Å²) >= 11 is 0. The molecule has 0 amide bonds. The number of carbonyl (C=O) groups is 1. The number of rotatable bonds is 5. The van der Waals surface area contributed by atoms with Gasteiger partial charge in [-0.25, -0.2) is 9.78 Å². The number of ether oxygens (including phenoxy) is 1. The van der Waals surface area contributed by atoms with Crippen molar-refractivity contribution in [2.24, 2.45) is 7.05 Å². The number of esters is 1. The van der Waals surface area contributed by atoms with Gasteiger partial charge in [-0.05, 0) is 25.1 Å². The van der Waals surface area contributed by atoms with E-state index in [1.54, 1.807) is 36.1 Å². The molecule has 0 aliphatic heterocycles. The maximum absolute atomic E-state index is 11.8. The molecular formula is C13H16N4O2. The Morgan fingerprint density at radius 2 is 2.26 bits per heavy atom.